The molecule has 1 heterocycles. The first-order valence-electron chi connectivity index (χ1n) is 7.10. The zero-order valence-corrected chi connectivity index (χ0v) is 13.2. The summed E-state index contributed by atoms with van der Waals surface area (Å²) < 4.78 is 5.28. The Morgan fingerprint density at radius 2 is 2.24 bits per heavy atom. The third-order valence-corrected chi connectivity index (χ3v) is 3.51. The van der Waals surface area contributed by atoms with Crippen LogP contribution < -0.4 is 5.32 Å². The molecule has 1 aliphatic rings. The van der Waals surface area contributed by atoms with Crippen LogP contribution in [-0.4, -0.2) is 35.7 Å². The van der Waals surface area contributed by atoms with Gasteiger partial charge in [0, 0.05) is 19.8 Å². The van der Waals surface area contributed by atoms with Crippen molar-refractivity contribution in [2.24, 2.45) is 0 Å². The second kappa shape index (κ2) is 7.33. The minimum atomic E-state index is -0.0713. The summed E-state index contributed by atoms with van der Waals surface area (Å²) in [4.78, 5) is 13.9. The molecular weight excluding hydrogens is 284 g/mol. The lowest BCUT2D eigenvalue weighted by Crippen LogP contribution is -2.32. The van der Waals surface area contributed by atoms with Crippen molar-refractivity contribution >= 4 is 29.3 Å². The predicted octanol–water partition coefficient (Wildman–Crippen LogP) is 2.48. The number of carbonyl (C=O) groups is 1. The largest absolute Gasteiger partial charge is 0.382 e. The summed E-state index contributed by atoms with van der Waals surface area (Å²) in [6, 6.07) is 7.99. The number of nitrogens with one attached hydrogen (secondary N) is 1. The number of aryl methyl sites for hydroxylation is 1. The van der Waals surface area contributed by atoms with E-state index in [9.17, 15) is 4.79 Å². The monoisotopic (exact) mass is 304 g/mol. The maximum absolute atomic E-state index is 12.3. The van der Waals surface area contributed by atoms with Gasteiger partial charge in [0.15, 0.2) is 5.11 Å². The van der Waals surface area contributed by atoms with Gasteiger partial charge < -0.3 is 10.1 Å². The van der Waals surface area contributed by atoms with Gasteiger partial charge >= 0.3 is 0 Å². The van der Waals surface area contributed by atoms with E-state index in [1.807, 2.05) is 44.2 Å². The molecule has 1 aliphatic heterocycles. The maximum atomic E-state index is 12.3. The van der Waals surface area contributed by atoms with Crippen LogP contribution in [0.5, 0.6) is 0 Å². The molecule has 4 nitrogen and oxygen atoms in total. The van der Waals surface area contributed by atoms with Gasteiger partial charge in [-0.1, -0.05) is 29.8 Å². The Hall–Kier alpha value is -1.72. The van der Waals surface area contributed by atoms with Crippen LogP contribution in [-0.2, 0) is 9.53 Å². The fraction of sp³-hybridized carbons (Fsp3) is 0.375. The van der Waals surface area contributed by atoms with Gasteiger partial charge in [-0.2, -0.15) is 0 Å². The van der Waals surface area contributed by atoms with Crippen LogP contribution in [0.4, 0.5) is 0 Å². The van der Waals surface area contributed by atoms with Gasteiger partial charge in [0.1, 0.15) is 5.70 Å². The van der Waals surface area contributed by atoms with Gasteiger partial charge in [0.25, 0.3) is 5.91 Å². The fourth-order valence-electron chi connectivity index (χ4n) is 2.17. The molecule has 1 saturated heterocycles. The Balaban J connectivity index is 2.03. The highest BCUT2D eigenvalue weighted by atomic mass is 32.1. The molecule has 1 aromatic carbocycles. The normalized spacial score (nSPS) is 16.7. The Morgan fingerprint density at radius 3 is 2.95 bits per heavy atom. The van der Waals surface area contributed by atoms with Crippen LogP contribution >= 0.6 is 12.2 Å². The van der Waals surface area contributed by atoms with Crippen LogP contribution in [0.25, 0.3) is 6.08 Å². The molecule has 0 atom stereocenters. The molecule has 1 N–H and O–H groups in total. The van der Waals surface area contributed by atoms with E-state index in [1.54, 1.807) is 4.90 Å². The van der Waals surface area contributed by atoms with E-state index in [2.05, 4.69) is 5.32 Å². The Labute approximate surface area is 130 Å². The van der Waals surface area contributed by atoms with Crippen molar-refractivity contribution in [2.45, 2.75) is 20.3 Å². The van der Waals surface area contributed by atoms with Gasteiger partial charge in [-0.3, -0.25) is 9.69 Å². The Bertz CT molecular complexity index is 569. The minimum absolute atomic E-state index is 0.0713. The van der Waals surface area contributed by atoms with Gasteiger partial charge in [0.05, 0.1) is 0 Å². The highest BCUT2D eigenvalue weighted by molar-refractivity contribution is 7.80. The van der Waals surface area contributed by atoms with Crippen LogP contribution in [0.2, 0.25) is 0 Å². The Kier molecular flexibility index (Phi) is 5.47. The lowest BCUT2D eigenvalue weighted by molar-refractivity contribution is -0.122. The molecular formula is C16H20N2O2S. The van der Waals surface area contributed by atoms with Crippen molar-refractivity contribution < 1.29 is 9.53 Å². The molecule has 1 amide bonds. The summed E-state index contributed by atoms with van der Waals surface area (Å²) in [6.45, 7) is 5.89. The summed E-state index contributed by atoms with van der Waals surface area (Å²) in [7, 11) is 0. The van der Waals surface area contributed by atoms with Crippen molar-refractivity contribution in [3.8, 4) is 0 Å². The van der Waals surface area contributed by atoms with Crippen LogP contribution in [0.15, 0.2) is 30.0 Å². The van der Waals surface area contributed by atoms with E-state index in [0.29, 0.717) is 30.6 Å². The highest BCUT2D eigenvalue weighted by Gasteiger charge is 2.29. The summed E-state index contributed by atoms with van der Waals surface area (Å²) in [5, 5.41) is 3.46. The summed E-state index contributed by atoms with van der Waals surface area (Å²) >= 11 is 5.23. The summed E-state index contributed by atoms with van der Waals surface area (Å²) in [5.41, 5.74) is 2.68. The number of amides is 1. The van der Waals surface area contributed by atoms with Crippen LogP contribution in [0.1, 0.15) is 24.5 Å². The zero-order valence-electron chi connectivity index (χ0n) is 12.4. The fourth-order valence-corrected chi connectivity index (χ4v) is 2.45. The van der Waals surface area contributed by atoms with E-state index in [0.717, 1.165) is 17.5 Å². The zero-order chi connectivity index (χ0) is 15.2. The molecule has 1 aromatic rings. The number of benzene rings is 1. The molecule has 21 heavy (non-hydrogen) atoms. The second-order valence-electron chi connectivity index (χ2n) is 4.91. The van der Waals surface area contributed by atoms with E-state index < -0.39 is 0 Å². The average Bonchev–Trinajstić information content (AvgIpc) is 2.70. The number of rotatable bonds is 6. The number of thiocarbonyl (C=S) groups is 1. The number of nitrogens with zero attached hydrogens (tertiary/aromatic N) is 1. The average molecular weight is 304 g/mol. The smallest absolute Gasteiger partial charge is 0.276 e. The quantitative estimate of drug-likeness (QED) is 0.498. The Morgan fingerprint density at radius 1 is 1.43 bits per heavy atom. The maximum Gasteiger partial charge on any atom is 0.276 e. The molecule has 0 bridgehead atoms. The SMILES string of the molecule is CCOCCCN1C(=O)/C(=C\c2cccc(C)c2)NC1=S. The third-order valence-electron chi connectivity index (χ3n) is 3.19. The third kappa shape index (κ3) is 4.12. The lowest BCUT2D eigenvalue weighted by Gasteiger charge is -2.13. The van der Waals surface area contributed by atoms with E-state index in [1.165, 1.54) is 0 Å². The molecule has 2 rings (SSSR count). The summed E-state index contributed by atoms with van der Waals surface area (Å²) in [5.74, 6) is -0.0713. The van der Waals surface area contributed by atoms with Crippen molar-refractivity contribution in [2.75, 3.05) is 19.8 Å². The minimum Gasteiger partial charge on any atom is -0.382 e. The molecule has 0 spiro atoms. The molecule has 0 radical (unpaired) electrons. The molecule has 0 aromatic heterocycles. The van der Waals surface area contributed by atoms with Gasteiger partial charge in [-0.15, -0.1) is 0 Å². The first-order chi connectivity index (χ1) is 10.1. The van der Waals surface area contributed by atoms with E-state index in [-0.39, 0.29) is 5.91 Å². The van der Waals surface area contributed by atoms with Crippen LogP contribution in [0.3, 0.4) is 0 Å². The molecule has 1 fully saturated rings. The number of carbonyl (C=O) groups excluding carboxylic acids is 1. The van der Waals surface area contributed by atoms with E-state index in [4.69, 9.17) is 17.0 Å². The van der Waals surface area contributed by atoms with E-state index >= 15 is 0 Å². The predicted molar refractivity (Wildman–Crippen MR) is 87.7 cm³/mol. The first-order valence-corrected chi connectivity index (χ1v) is 7.51. The van der Waals surface area contributed by atoms with Crippen LogP contribution in [0, 0.1) is 6.92 Å². The van der Waals surface area contributed by atoms with Gasteiger partial charge in [-0.25, -0.2) is 0 Å². The second-order valence-corrected chi connectivity index (χ2v) is 5.30. The highest BCUT2D eigenvalue weighted by Crippen LogP contribution is 2.15. The topological polar surface area (TPSA) is 41.6 Å². The van der Waals surface area contributed by atoms with Gasteiger partial charge in [-0.05, 0) is 44.1 Å². The van der Waals surface area contributed by atoms with Crippen molar-refractivity contribution in [1.29, 1.82) is 0 Å². The lowest BCUT2D eigenvalue weighted by atomic mass is 10.1. The number of ether oxygens (including phenoxy) is 1. The molecule has 0 unspecified atom stereocenters. The van der Waals surface area contributed by atoms with Gasteiger partial charge in [0.2, 0.25) is 0 Å². The van der Waals surface area contributed by atoms with Crippen molar-refractivity contribution in [3.05, 3.63) is 41.1 Å². The first kappa shape index (κ1) is 15.7. The molecule has 0 saturated carbocycles. The van der Waals surface area contributed by atoms with Crippen molar-refractivity contribution in [1.82, 2.24) is 10.2 Å². The number of hydrogen-bond donors (Lipinski definition) is 1. The standard InChI is InChI=1S/C16H20N2O2S/c1-3-20-9-5-8-18-15(19)14(17-16(18)21)11-13-7-4-6-12(2)10-13/h4,6-7,10-11H,3,5,8-9H2,1-2H3,(H,17,21)/b14-11+. The molecule has 0 aliphatic carbocycles. The molecule has 5 heteroatoms. The molecule has 112 valence electrons. The van der Waals surface area contributed by atoms with Crippen molar-refractivity contribution in [3.63, 3.8) is 0 Å². The summed E-state index contributed by atoms with van der Waals surface area (Å²) in [6.07, 6.45) is 2.61. The number of hydrogen-bond acceptors (Lipinski definition) is 3.